The molecule has 1 aromatic heterocycles. The van der Waals surface area contributed by atoms with E-state index in [-0.39, 0.29) is 12.4 Å². The van der Waals surface area contributed by atoms with Gasteiger partial charge in [0.1, 0.15) is 0 Å². The molecule has 1 unspecified atom stereocenters. The average molecular weight is 513 g/mol. The van der Waals surface area contributed by atoms with Crippen LogP contribution in [0.5, 0.6) is 11.5 Å². The number of nitrogens with zero attached hydrogens (tertiary/aromatic N) is 4. The molecule has 190 valence electrons. The second-order valence-corrected chi connectivity index (χ2v) is 7.38. The number of tetrazole rings is 1. The Hall–Kier alpha value is -4.27. The molecule has 3 aromatic rings. The zero-order valence-electron chi connectivity index (χ0n) is 18.0. The predicted octanol–water partition coefficient (Wildman–Crippen LogP) is 2.60. The highest BCUT2D eigenvalue weighted by atomic mass is 19.4. The number of ether oxygens (including phenoxy) is 3. The van der Waals surface area contributed by atoms with Crippen LogP contribution in [-0.4, -0.2) is 45.3 Å². The number of benzene rings is 2. The molecule has 1 aliphatic rings. The summed E-state index contributed by atoms with van der Waals surface area (Å²) in [6.07, 6.45) is -9.55. The summed E-state index contributed by atoms with van der Waals surface area (Å²) in [4.78, 5) is 24.4. The molecule has 4 rings (SSSR count). The number of hydrogen-bond acceptors (Lipinski definition) is 8. The molecule has 36 heavy (non-hydrogen) atoms. The van der Waals surface area contributed by atoms with Gasteiger partial charge in [-0.2, -0.15) is 26.6 Å². The van der Waals surface area contributed by atoms with Gasteiger partial charge < -0.3 is 19.9 Å². The van der Waals surface area contributed by atoms with Crippen LogP contribution < -0.4 is 20.9 Å². The zero-order chi connectivity index (χ0) is 26.0. The van der Waals surface area contributed by atoms with E-state index in [0.717, 1.165) is 0 Å². The van der Waals surface area contributed by atoms with Gasteiger partial charge in [-0.05, 0) is 39.8 Å². The van der Waals surface area contributed by atoms with E-state index in [0.29, 0.717) is 32.0 Å². The Balaban J connectivity index is 1.75. The van der Waals surface area contributed by atoms with E-state index in [4.69, 9.17) is 15.2 Å². The second kappa shape index (κ2) is 9.77. The van der Waals surface area contributed by atoms with E-state index < -0.39 is 48.8 Å². The van der Waals surface area contributed by atoms with Crippen LogP contribution >= 0.6 is 0 Å². The Kier molecular flexibility index (Phi) is 6.74. The van der Waals surface area contributed by atoms with E-state index in [9.17, 15) is 31.5 Å². The fraction of sp³-hybridized carbons (Fsp3) is 0.238. The van der Waals surface area contributed by atoms with Crippen LogP contribution in [0.4, 0.5) is 22.0 Å². The molecule has 0 radical (unpaired) electrons. The number of halogens is 5. The molecule has 1 aliphatic heterocycles. The summed E-state index contributed by atoms with van der Waals surface area (Å²) in [5.41, 5.74) is 4.34. The first kappa shape index (κ1) is 24.8. The van der Waals surface area contributed by atoms with Crippen LogP contribution in [0, 0.1) is 0 Å². The fourth-order valence-corrected chi connectivity index (χ4v) is 3.29. The van der Waals surface area contributed by atoms with Crippen LogP contribution in [-0.2, 0) is 16.1 Å². The molecular formula is C21H16F5N5O5. The van der Waals surface area contributed by atoms with Gasteiger partial charge in [0.2, 0.25) is 13.0 Å². The quantitative estimate of drug-likeness (QED) is 0.378. The molecule has 0 spiro atoms. The highest BCUT2D eigenvalue weighted by Crippen LogP contribution is 2.36. The number of carbonyl (C=O) groups is 1. The van der Waals surface area contributed by atoms with Crippen LogP contribution in [0.25, 0.3) is 11.1 Å². The lowest BCUT2D eigenvalue weighted by Gasteiger charge is -2.18. The average Bonchev–Trinajstić information content (AvgIpc) is 3.46. The van der Waals surface area contributed by atoms with Gasteiger partial charge in [-0.1, -0.05) is 24.3 Å². The molecule has 0 saturated heterocycles. The molecule has 10 nitrogen and oxygen atoms in total. The topological polar surface area (TPSA) is 123 Å². The maximum atomic E-state index is 13.0. The van der Waals surface area contributed by atoms with Crippen LogP contribution in [0.2, 0.25) is 0 Å². The van der Waals surface area contributed by atoms with Gasteiger partial charge in [-0.3, -0.25) is 0 Å². The summed E-state index contributed by atoms with van der Waals surface area (Å²) in [7, 11) is 0. The largest absolute Gasteiger partial charge is 0.491 e. The molecule has 2 N–H and O–H groups in total. The van der Waals surface area contributed by atoms with Crippen molar-refractivity contribution in [2.24, 2.45) is 5.73 Å². The van der Waals surface area contributed by atoms with Gasteiger partial charge in [-0.25, -0.2) is 9.59 Å². The molecule has 0 saturated carbocycles. The molecule has 2 heterocycles. The lowest BCUT2D eigenvalue weighted by Crippen LogP contribution is -2.35. The van der Waals surface area contributed by atoms with Crippen LogP contribution in [0.15, 0.2) is 58.9 Å². The van der Waals surface area contributed by atoms with Crippen molar-refractivity contribution in [2.45, 2.75) is 18.9 Å². The summed E-state index contributed by atoms with van der Waals surface area (Å²) in [5, 5.41) is 6.86. The van der Waals surface area contributed by atoms with Gasteiger partial charge in [0, 0.05) is 17.7 Å². The standard InChI is InChI=1S/C21H16F5N5O5/c22-17(23)14(8-27)9-30-20(33)31(29-28-30)18(36-19(32)21(24,25)26)13-3-1-2-11(6-13)12-4-5-15-16(7-12)35-10-34-15/h1-7,18H,8-10,27H2. The molecule has 0 amide bonds. The number of hydrogen-bond donors (Lipinski definition) is 1. The summed E-state index contributed by atoms with van der Waals surface area (Å²) in [5.74, 6) is -1.65. The van der Waals surface area contributed by atoms with Gasteiger partial charge in [0.05, 0.1) is 6.54 Å². The van der Waals surface area contributed by atoms with Gasteiger partial charge >= 0.3 is 17.8 Å². The third-order valence-electron chi connectivity index (χ3n) is 5.07. The highest BCUT2D eigenvalue weighted by Gasteiger charge is 2.43. The Morgan fingerprint density at radius 2 is 1.81 bits per heavy atom. The number of aromatic nitrogens is 4. The minimum absolute atomic E-state index is 0.0280. The number of carbonyl (C=O) groups excluding carboxylic acids is 1. The van der Waals surface area contributed by atoms with Crippen molar-refractivity contribution in [2.75, 3.05) is 13.3 Å². The van der Waals surface area contributed by atoms with Gasteiger partial charge in [0.15, 0.2) is 11.5 Å². The molecule has 2 aromatic carbocycles. The lowest BCUT2D eigenvalue weighted by molar-refractivity contribution is -0.207. The minimum atomic E-state index is -5.39. The number of rotatable bonds is 7. The maximum absolute atomic E-state index is 13.0. The summed E-state index contributed by atoms with van der Waals surface area (Å²) >= 11 is 0. The van der Waals surface area contributed by atoms with Crippen LogP contribution in [0.3, 0.4) is 0 Å². The Labute approximate surface area is 198 Å². The van der Waals surface area contributed by atoms with E-state index in [1.807, 2.05) is 0 Å². The maximum Gasteiger partial charge on any atom is 0.491 e. The third kappa shape index (κ3) is 5.05. The second-order valence-electron chi connectivity index (χ2n) is 7.38. The monoisotopic (exact) mass is 513 g/mol. The van der Waals surface area contributed by atoms with E-state index >= 15 is 0 Å². The first-order valence-electron chi connectivity index (χ1n) is 10.1. The Morgan fingerprint density at radius 1 is 1.08 bits per heavy atom. The van der Waals surface area contributed by atoms with Crippen molar-refractivity contribution in [1.82, 2.24) is 19.8 Å². The first-order chi connectivity index (χ1) is 17.1. The molecular weight excluding hydrogens is 497 g/mol. The van der Waals surface area contributed by atoms with Gasteiger partial charge in [0.25, 0.3) is 6.08 Å². The van der Waals surface area contributed by atoms with Crippen molar-refractivity contribution in [3.05, 3.63) is 70.2 Å². The third-order valence-corrected chi connectivity index (χ3v) is 5.07. The minimum Gasteiger partial charge on any atom is -0.454 e. The zero-order valence-corrected chi connectivity index (χ0v) is 18.0. The molecule has 0 bridgehead atoms. The molecule has 0 fully saturated rings. The number of nitrogens with two attached hydrogens (primary N) is 1. The fourth-order valence-electron chi connectivity index (χ4n) is 3.29. The normalized spacial score (nSPS) is 13.4. The molecule has 1 atom stereocenters. The summed E-state index contributed by atoms with van der Waals surface area (Å²) in [6, 6.07) is 10.7. The number of alkyl halides is 3. The Bertz CT molecular complexity index is 1380. The van der Waals surface area contributed by atoms with E-state index in [1.54, 1.807) is 24.3 Å². The van der Waals surface area contributed by atoms with Crippen LogP contribution in [0.1, 0.15) is 11.8 Å². The molecule has 0 aliphatic carbocycles. The van der Waals surface area contributed by atoms with E-state index in [1.165, 1.54) is 18.2 Å². The van der Waals surface area contributed by atoms with E-state index in [2.05, 4.69) is 15.2 Å². The first-order valence-corrected chi connectivity index (χ1v) is 10.1. The van der Waals surface area contributed by atoms with Crippen molar-refractivity contribution >= 4 is 5.97 Å². The van der Waals surface area contributed by atoms with Gasteiger partial charge in [-0.15, -0.1) is 4.68 Å². The number of esters is 1. The number of fused-ring (bicyclic) bond motifs is 1. The lowest BCUT2D eigenvalue weighted by atomic mass is 10.0. The Morgan fingerprint density at radius 3 is 2.50 bits per heavy atom. The van der Waals surface area contributed by atoms with Crippen molar-refractivity contribution in [3.8, 4) is 22.6 Å². The highest BCUT2D eigenvalue weighted by molar-refractivity contribution is 5.76. The summed E-state index contributed by atoms with van der Waals surface area (Å²) < 4.78 is 80.8. The predicted molar refractivity (Wildman–Crippen MR) is 111 cm³/mol. The van der Waals surface area contributed by atoms with Crippen molar-refractivity contribution in [3.63, 3.8) is 0 Å². The summed E-state index contributed by atoms with van der Waals surface area (Å²) in [6.45, 7) is -1.35. The smallest absolute Gasteiger partial charge is 0.454 e. The van der Waals surface area contributed by atoms with Crippen molar-refractivity contribution in [1.29, 1.82) is 0 Å². The molecule has 15 heteroatoms. The van der Waals surface area contributed by atoms with Crippen molar-refractivity contribution < 1.29 is 41.0 Å². The SMILES string of the molecule is NCC(Cn1nnn(C(OC(=O)C(F)(F)F)c2cccc(-c3ccc4c(c3)OCO4)c2)c1=O)=C(F)F.